The van der Waals surface area contributed by atoms with E-state index in [4.69, 9.17) is 9.47 Å². The molecule has 18 heavy (non-hydrogen) atoms. The molecule has 1 atom stereocenters. The molecule has 1 unspecified atom stereocenters. The van der Waals surface area contributed by atoms with E-state index in [0.29, 0.717) is 12.8 Å². The first-order chi connectivity index (χ1) is 8.14. The molecule has 1 fully saturated rings. The van der Waals surface area contributed by atoms with Gasteiger partial charge in [0.15, 0.2) is 5.78 Å². The lowest BCUT2D eigenvalue weighted by molar-refractivity contribution is -0.152. The molecule has 1 aliphatic heterocycles. The van der Waals surface area contributed by atoms with E-state index in [1.807, 2.05) is 27.7 Å². The molecular weight excluding hydrogens is 228 g/mol. The summed E-state index contributed by atoms with van der Waals surface area (Å²) in [5.74, 6) is 0.109. The van der Waals surface area contributed by atoms with Crippen LogP contribution in [0, 0.1) is 5.92 Å². The van der Waals surface area contributed by atoms with Crippen LogP contribution < -0.4 is 0 Å². The SMILES string of the molecule is CCC(CC)(OC)C(=O)C1CC(C)(C)OC1(C)C. The molecule has 1 aliphatic rings. The van der Waals surface area contributed by atoms with Crippen molar-refractivity contribution in [2.45, 2.75) is 77.6 Å². The van der Waals surface area contributed by atoms with Crippen LogP contribution in [0.4, 0.5) is 0 Å². The lowest BCUT2D eigenvalue weighted by Gasteiger charge is -2.35. The molecule has 3 heteroatoms. The average Bonchev–Trinajstić information content (AvgIpc) is 2.49. The monoisotopic (exact) mass is 256 g/mol. The molecule has 3 nitrogen and oxygen atoms in total. The second-order valence-electron chi connectivity index (χ2n) is 6.49. The van der Waals surface area contributed by atoms with E-state index in [2.05, 4.69) is 13.8 Å². The molecule has 0 aromatic carbocycles. The minimum atomic E-state index is -0.647. The molecule has 0 spiro atoms. The zero-order valence-corrected chi connectivity index (χ0v) is 12.9. The number of Topliss-reactive ketones (excluding diaryl/α,β-unsaturated/α-hetero) is 1. The van der Waals surface area contributed by atoms with Gasteiger partial charge in [0, 0.05) is 7.11 Å². The van der Waals surface area contributed by atoms with E-state index >= 15 is 0 Å². The number of hydrogen-bond acceptors (Lipinski definition) is 3. The Morgan fingerprint density at radius 2 is 1.78 bits per heavy atom. The van der Waals surface area contributed by atoms with E-state index in [-0.39, 0.29) is 17.3 Å². The van der Waals surface area contributed by atoms with Crippen LogP contribution in [0.15, 0.2) is 0 Å². The summed E-state index contributed by atoms with van der Waals surface area (Å²) in [7, 11) is 1.64. The van der Waals surface area contributed by atoms with Gasteiger partial charge >= 0.3 is 0 Å². The Morgan fingerprint density at radius 1 is 1.28 bits per heavy atom. The van der Waals surface area contributed by atoms with Crippen molar-refractivity contribution in [2.24, 2.45) is 5.92 Å². The normalized spacial score (nSPS) is 26.3. The van der Waals surface area contributed by atoms with E-state index < -0.39 is 11.2 Å². The maximum absolute atomic E-state index is 12.9. The van der Waals surface area contributed by atoms with Crippen LogP contribution in [0.5, 0.6) is 0 Å². The lowest BCUT2D eigenvalue weighted by Crippen LogP contribution is -2.48. The van der Waals surface area contributed by atoms with Crippen LogP contribution in [0.1, 0.15) is 60.8 Å². The number of carbonyl (C=O) groups excluding carboxylic acids is 1. The molecule has 1 saturated heterocycles. The third-order valence-corrected chi connectivity index (χ3v) is 4.37. The Labute approximate surface area is 111 Å². The van der Waals surface area contributed by atoms with Crippen molar-refractivity contribution in [3.8, 4) is 0 Å². The fourth-order valence-electron chi connectivity index (χ4n) is 3.28. The zero-order valence-electron chi connectivity index (χ0n) is 12.9. The van der Waals surface area contributed by atoms with Gasteiger partial charge in [-0.05, 0) is 47.0 Å². The molecule has 0 saturated carbocycles. The number of methoxy groups -OCH3 is 1. The Morgan fingerprint density at radius 3 is 2.06 bits per heavy atom. The summed E-state index contributed by atoms with van der Waals surface area (Å²) < 4.78 is 11.6. The Hall–Kier alpha value is -0.410. The molecule has 1 rings (SSSR count). The Bertz CT molecular complexity index is 305. The summed E-state index contributed by atoms with van der Waals surface area (Å²) in [5, 5.41) is 0. The molecule has 1 heterocycles. The standard InChI is InChI=1S/C15H28O3/c1-8-15(9-2,17-7)12(16)11-10-13(3,4)18-14(11,5)6/h11H,8-10H2,1-7H3. The highest BCUT2D eigenvalue weighted by Gasteiger charge is 2.53. The number of rotatable bonds is 5. The van der Waals surface area contributed by atoms with E-state index in [1.165, 1.54) is 0 Å². The van der Waals surface area contributed by atoms with Crippen LogP contribution in [0.3, 0.4) is 0 Å². The van der Waals surface area contributed by atoms with Crippen LogP contribution in [-0.2, 0) is 14.3 Å². The summed E-state index contributed by atoms with van der Waals surface area (Å²) in [6.07, 6.45) is 2.20. The topological polar surface area (TPSA) is 35.5 Å². The lowest BCUT2D eigenvalue weighted by atomic mass is 9.75. The van der Waals surface area contributed by atoms with Crippen molar-refractivity contribution in [2.75, 3.05) is 7.11 Å². The molecule has 0 aliphatic carbocycles. The highest BCUT2D eigenvalue weighted by atomic mass is 16.5. The van der Waals surface area contributed by atoms with Gasteiger partial charge in [-0.2, -0.15) is 0 Å². The van der Waals surface area contributed by atoms with Crippen molar-refractivity contribution >= 4 is 5.78 Å². The first-order valence-electron chi connectivity index (χ1n) is 6.94. The molecule has 0 aromatic heterocycles. The molecule has 0 aromatic rings. The van der Waals surface area contributed by atoms with Crippen molar-refractivity contribution in [3.63, 3.8) is 0 Å². The van der Waals surface area contributed by atoms with Crippen molar-refractivity contribution in [1.82, 2.24) is 0 Å². The van der Waals surface area contributed by atoms with Gasteiger partial charge in [-0.3, -0.25) is 4.79 Å². The molecule has 0 N–H and O–H groups in total. The first-order valence-corrected chi connectivity index (χ1v) is 6.94. The van der Waals surface area contributed by atoms with E-state index in [0.717, 1.165) is 6.42 Å². The summed E-state index contributed by atoms with van der Waals surface area (Å²) in [5.41, 5.74) is -1.29. The first kappa shape index (κ1) is 15.6. The highest BCUT2D eigenvalue weighted by Crippen LogP contribution is 2.45. The molecule has 0 bridgehead atoms. The Kier molecular flexibility index (Phi) is 4.29. The van der Waals surface area contributed by atoms with Crippen molar-refractivity contribution < 1.29 is 14.3 Å². The smallest absolute Gasteiger partial charge is 0.170 e. The van der Waals surface area contributed by atoms with Crippen LogP contribution in [0.25, 0.3) is 0 Å². The average molecular weight is 256 g/mol. The fraction of sp³-hybridized carbons (Fsp3) is 0.933. The minimum Gasteiger partial charge on any atom is -0.370 e. The maximum Gasteiger partial charge on any atom is 0.170 e. The molecule has 106 valence electrons. The van der Waals surface area contributed by atoms with Gasteiger partial charge in [0.2, 0.25) is 0 Å². The van der Waals surface area contributed by atoms with Crippen LogP contribution in [-0.4, -0.2) is 29.7 Å². The highest BCUT2D eigenvalue weighted by molar-refractivity contribution is 5.90. The zero-order chi connectivity index (χ0) is 14.2. The largest absolute Gasteiger partial charge is 0.370 e. The van der Waals surface area contributed by atoms with Crippen molar-refractivity contribution in [3.05, 3.63) is 0 Å². The predicted molar refractivity (Wildman–Crippen MR) is 72.7 cm³/mol. The van der Waals surface area contributed by atoms with Gasteiger partial charge < -0.3 is 9.47 Å². The molecule has 0 amide bonds. The van der Waals surface area contributed by atoms with Gasteiger partial charge in [-0.25, -0.2) is 0 Å². The quantitative estimate of drug-likeness (QED) is 0.756. The number of ether oxygens (including phenoxy) is 2. The maximum atomic E-state index is 12.9. The molecule has 0 radical (unpaired) electrons. The Balaban J connectivity index is 3.03. The summed E-state index contributed by atoms with van der Waals surface area (Å²) in [6, 6.07) is 0. The van der Waals surface area contributed by atoms with E-state index in [9.17, 15) is 4.79 Å². The molecular formula is C15H28O3. The number of hydrogen-bond donors (Lipinski definition) is 0. The van der Waals surface area contributed by atoms with Gasteiger partial charge in [0.05, 0.1) is 17.1 Å². The fourth-order valence-corrected chi connectivity index (χ4v) is 3.28. The van der Waals surface area contributed by atoms with Gasteiger partial charge in [0.25, 0.3) is 0 Å². The van der Waals surface area contributed by atoms with Crippen LogP contribution >= 0.6 is 0 Å². The number of carbonyl (C=O) groups is 1. The third kappa shape index (κ3) is 2.62. The van der Waals surface area contributed by atoms with Crippen molar-refractivity contribution in [1.29, 1.82) is 0 Å². The van der Waals surface area contributed by atoms with Gasteiger partial charge in [0.1, 0.15) is 5.60 Å². The summed E-state index contributed by atoms with van der Waals surface area (Å²) in [6.45, 7) is 12.1. The van der Waals surface area contributed by atoms with Gasteiger partial charge in [-0.1, -0.05) is 13.8 Å². The number of ketones is 1. The second kappa shape index (κ2) is 4.93. The van der Waals surface area contributed by atoms with Gasteiger partial charge in [-0.15, -0.1) is 0 Å². The van der Waals surface area contributed by atoms with E-state index in [1.54, 1.807) is 7.11 Å². The van der Waals surface area contributed by atoms with Crippen LogP contribution in [0.2, 0.25) is 0 Å². The summed E-state index contributed by atoms with van der Waals surface area (Å²) in [4.78, 5) is 12.9. The third-order valence-electron chi connectivity index (χ3n) is 4.37. The minimum absolute atomic E-state index is 0.0904. The second-order valence-corrected chi connectivity index (χ2v) is 6.49. The summed E-state index contributed by atoms with van der Waals surface area (Å²) >= 11 is 0. The predicted octanol–water partition coefficient (Wildman–Crippen LogP) is 3.35.